The van der Waals surface area contributed by atoms with Crippen LogP contribution in [-0.2, 0) is 0 Å². The smallest absolute Gasteiger partial charge is 0.201 e. The molecule has 1 aromatic carbocycles. The average molecular weight is 346 g/mol. The van der Waals surface area contributed by atoms with Gasteiger partial charge in [0.05, 0.1) is 6.61 Å². The largest absolute Gasteiger partial charge is 0.490 e. The van der Waals surface area contributed by atoms with Gasteiger partial charge in [0.2, 0.25) is 5.82 Å². The van der Waals surface area contributed by atoms with E-state index in [4.69, 9.17) is 4.74 Å². The van der Waals surface area contributed by atoms with Gasteiger partial charge in [0, 0.05) is 5.56 Å². The third-order valence-corrected chi connectivity index (χ3v) is 4.52. The quantitative estimate of drug-likeness (QED) is 0.351. The van der Waals surface area contributed by atoms with Gasteiger partial charge in [-0.05, 0) is 62.1 Å². The highest BCUT2D eigenvalue weighted by molar-refractivity contribution is 5.67. The first-order chi connectivity index (χ1) is 12.2. The van der Waals surface area contributed by atoms with Gasteiger partial charge in [0.15, 0.2) is 11.6 Å². The van der Waals surface area contributed by atoms with Gasteiger partial charge in [0.25, 0.3) is 0 Å². The Labute approximate surface area is 150 Å². The molecule has 0 heterocycles. The molecule has 0 aromatic heterocycles. The lowest BCUT2D eigenvalue weighted by Crippen LogP contribution is -2.06. The van der Waals surface area contributed by atoms with Crippen molar-refractivity contribution in [2.45, 2.75) is 51.9 Å². The highest BCUT2D eigenvalue weighted by Crippen LogP contribution is 2.34. The fourth-order valence-corrected chi connectivity index (χ4v) is 3.03. The second-order valence-electron chi connectivity index (χ2n) is 6.50. The molecular weight excluding hydrogens is 318 g/mol. The Kier molecular flexibility index (Phi) is 7.90. The van der Waals surface area contributed by atoms with Gasteiger partial charge in [-0.25, -0.2) is 4.39 Å². The van der Waals surface area contributed by atoms with Crippen LogP contribution in [0.25, 0.3) is 5.57 Å². The van der Waals surface area contributed by atoms with Gasteiger partial charge < -0.3 is 4.74 Å². The Morgan fingerprint density at radius 2 is 2.08 bits per heavy atom. The maximum absolute atomic E-state index is 14.4. The van der Waals surface area contributed by atoms with Crippen LogP contribution in [0.2, 0.25) is 0 Å². The van der Waals surface area contributed by atoms with Crippen molar-refractivity contribution < 1.29 is 13.5 Å². The van der Waals surface area contributed by atoms with E-state index in [1.807, 2.05) is 6.08 Å². The summed E-state index contributed by atoms with van der Waals surface area (Å²) in [7, 11) is 0. The van der Waals surface area contributed by atoms with E-state index in [0.717, 1.165) is 50.5 Å². The summed E-state index contributed by atoms with van der Waals surface area (Å²) in [6.07, 6.45) is 14.7. The standard InChI is InChI=1S/C22H28F2O/c1-3-5-7-9-17-10-12-18(13-11-17)19-14-15-20(22(24)21(19)23)25-16-8-6-4-2/h4,7,9,12,14-15,17H,2-3,5-6,8,10-11,13,16H2,1H3/b9-7+. The third kappa shape index (κ3) is 5.55. The Hall–Kier alpha value is -1.90. The van der Waals surface area contributed by atoms with Gasteiger partial charge >= 0.3 is 0 Å². The summed E-state index contributed by atoms with van der Waals surface area (Å²) < 4.78 is 34.0. The first-order valence-corrected chi connectivity index (χ1v) is 9.25. The number of unbranched alkanes of at least 4 members (excludes halogenated alkanes) is 2. The molecule has 1 atom stereocenters. The van der Waals surface area contributed by atoms with Crippen molar-refractivity contribution in [1.29, 1.82) is 0 Å². The number of hydrogen-bond donors (Lipinski definition) is 0. The molecule has 0 saturated carbocycles. The summed E-state index contributed by atoms with van der Waals surface area (Å²) in [5.74, 6) is -1.19. The lowest BCUT2D eigenvalue weighted by atomic mass is 9.86. The maximum atomic E-state index is 14.4. The van der Waals surface area contributed by atoms with E-state index in [1.165, 1.54) is 6.07 Å². The minimum Gasteiger partial charge on any atom is -0.490 e. The van der Waals surface area contributed by atoms with E-state index in [-0.39, 0.29) is 5.75 Å². The molecule has 0 bridgehead atoms. The summed E-state index contributed by atoms with van der Waals surface area (Å²) in [5, 5.41) is 0. The highest BCUT2D eigenvalue weighted by Gasteiger charge is 2.20. The zero-order valence-electron chi connectivity index (χ0n) is 15.1. The van der Waals surface area contributed by atoms with E-state index in [9.17, 15) is 8.78 Å². The number of allylic oxidation sites excluding steroid dienone is 5. The minimum absolute atomic E-state index is 0.0119. The van der Waals surface area contributed by atoms with Crippen LogP contribution in [-0.4, -0.2) is 6.61 Å². The molecule has 1 nitrogen and oxygen atoms in total. The van der Waals surface area contributed by atoms with E-state index in [0.29, 0.717) is 18.1 Å². The molecule has 0 radical (unpaired) electrons. The summed E-state index contributed by atoms with van der Waals surface area (Å²) in [6.45, 7) is 6.14. The van der Waals surface area contributed by atoms with Crippen molar-refractivity contribution in [3.8, 4) is 5.75 Å². The van der Waals surface area contributed by atoms with E-state index in [1.54, 1.807) is 12.1 Å². The van der Waals surface area contributed by atoms with Gasteiger partial charge in [-0.1, -0.05) is 37.6 Å². The SMILES string of the molecule is C=CCCCOc1ccc(C2=CCC(/C=C/CCC)CC2)c(F)c1F. The summed E-state index contributed by atoms with van der Waals surface area (Å²) in [5.41, 5.74) is 1.27. The molecular formula is C22H28F2O. The first kappa shape index (κ1) is 19.4. The number of hydrogen-bond acceptors (Lipinski definition) is 1. The zero-order valence-corrected chi connectivity index (χ0v) is 15.1. The van der Waals surface area contributed by atoms with E-state index in [2.05, 4.69) is 25.7 Å². The van der Waals surface area contributed by atoms with Crippen LogP contribution in [0.5, 0.6) is 5.75 Å². The number of benzene rings is 1. The predicted molar refractivity (Wildman–Crippen MR) is 101 cm³/mol. The van der Waals surface area contributed by atoms with Crippen molar-refractivity contribution in [2.24, 2.45) is 5.92 Å². The van der Waals surface area contributed by atoms with E-state index < -0.39 is 11.6 Å². The van der Waals surface area contributed by atoms with Gasteiger partial charge in [0.1, 0.15) is 0 Å². The van der Waals surface area contributed by atoms with Crippen molar-refractivity contribution >= 4 is 5.57 Å². The van der Waals surface area contributed by atoms with Crippen LogP contribution in [0, 0.1) is 17.6 Å². The van der Waals surface area contributed by atoms with Crippen LogP contribution in [0.3, 0.4) is 0 Å². The predicted octanol–water partition coefficient (Wildman–Crippen LogP) is 6.85. The second kappa shape index (κ2) is 10.2. The normalized spacial score (nSPS) is 17.6. The molecule has 136 valence electrons. The molecule has 1 aliphatic carbocycles. The summed E-state index contributed by atoms with van der Waals surface area (Å²) >= 11 is 0. The molecule has 0 fully saturated rings. The van der Waals surface area contributed by atoms with Crippen molar-refractivity contribution in [1.82, 2.24) is 0 Å². The molecule has 0 aliphatic heterocycles. The molecule has 0 amide bonds. The highest BCUT2D eigenvalue weighted by atomic mass is 19.2. The lowest BCUT2D eigenvalue weighted by Gasteiger charge is -2.20. The van der Waals surface area contributed by atoms with Crippen LogP contribution >= 0.6 is 0 Å². The molecule has 0 spiro atoms. The monoisotopic (exact) mass is 346 g/mol. The van der Waals surface area contributed by atoms with Crippen LogP contribution in [0.15, 0.2) is 43.0 Å². The Balaban J connectivity index is 2.03. The van der Waals surface area contributed by atoms with Crippen LogP contribution in [0.4, 0.5) is 8.78 Å². The lowest BCUT2D eigenvalue weighted by molar-refractivity contribution is 0.291. The Bertz CT molecular complexity index is 631. The molecule has 25 heavy (non-hydrogen) atoms. The fourth-order valence-electron chi connectivity index (χ4n) is 3.03. The second-order valence-corrected chi connectivity index (χ2v) is 6.50. The summed E-state index contributed by atoms with van der Waals surface area (Å²) in [6, 6.07) is 3.18. The molecule has 1 aromatic rings. The zero-order chi connectivity index (χ0) is 18.1. The van der Waals surface area contributed by atoms with Crippen molar-refractivity contribution in [2.75, 3.05) is 6.61 Å². The molecule has 3 heteroatoms. The Morgan fingerprint density at radius 1 is 1.24 bits per heavy atom. The third-order valence-electron chi connectivity index (χ3n) is 4.52. The number of rotatable bonds is 9. The first-order valence-electron chi connectivity index (χ1n) is 9.25. The number of halogens is 2. The molecule has 1 aliphatic rings. The molecule has 0 N–H and O–H groups in total. The van der Waals surface area contributed by atoms with Gasteiger partial charge in [-0.15, -0.1) is 6.58 Å². The van der Waals surface area contributed by atoms with E-state index >= 15 is 0 Å². The molecule has 1 unspecified atom stereocenters. The van der Waals surface area contributed by atoms with Gasteiger partial charge in [-0.2, -0.15) is 4.39 Å². The van der Waals surface area contributed by atoms with Crippen molar-refractivity contribution in [3.63, 3.8) is 0 Å². The Morgan fingerprint density at radius 3 is 2.76 bits per heavy atom. The van der Waals surface area contributed by atoms with Gasteiger partial charge in [-0.3, -0.25) is 0 Å². The summed E-state index contributed by atoms with van der Waals surface area (Å²) in [4.78, 5) is 0. The molecule has 0 saturated heterocycles. The maximum Gasteiger partial charge on any atom is 0.201 e. The van der Waals surface area contributed by atoms with Crippen molar-refractivity contribution in [3.05, 3.63) is 60.2 Å². The minimum atomic E-state index is -0.887. The van der Waals surface area contributed by atoms with Crippen LogP contribution < -0.4 is 4.74 Å². The fraction of sp³-hybridized carbons (Fsp3) is 0.455. The average Bonchev–Trinajstić information content (AvgIpc) is 2.63. The number of ether oxygens (including phenoxy) is 1. The topological polar surface area (TPSA) is 9.23 Å². The molecule has 2 rings (SSSR count). The van der Waals surface area contributed by atoms with Crippen LogP contribution in [0.1, 0.15) is 57.4 Å².